The molecule has 0 saturated carbocycles. The fourth-order valence-electron chi connectivity index (χ4n) is 1.76. The van der Waals surface area contributed by atoms with Gasteiger partial charge in [-0.05, 0) is 42.3 Å². The number of halogens is 3. The van der Waals surface area contributed by atoms with Crippen LogP contribution < -0.4 is 0 Å². The summed E-state index contributed by atoms with van der Waals surface area (Å²) in [4.78, 5) is 12.0. The lowest BCUT2D eigenvalue weighted by Gasteiger charge is -2.04. The average Bonchev–Trinajstić information content (AvgIpc) is 2.37. The molecule has 0 heterocycles. The highest BCUT2D eigenvalue weighted by Crippen LogP contribution is 2.20. The van der Waals surface area contributed by atoms with Crippen LogP contribution in [0.15, 0.2) is 46.9 Å². The first-order valence-corrected chi connectivity index (χ1v) is 6.96. The van der Waals surface area contributed by atoms with E-state index in [0.29, 0.717) is 18.4 Å². The van der Waals surface area contributed by atoms with E-state index in [9.17, 15) is 9.18 Å². The lowest BCUT2D eigenvalue weighted by molar-refractivity contribution is 0.0983. The van der Waals surface area contributed by atoms with Crippen LogP contribution in [0.4, 0.5) is 4.39 Å². The number of benzene rings is 2. The Bertz CT molecular complexity index is 596. The van der Waals surface area contributed by atoms with Crippen LogP contribution in [-0.4, -0.2) is 5.78 Å². The maximum Gasteiger partial charge on any atom is 0.164 e. The molecule has 0 saturated heterocycles. The maximum atomic E-state index is 12.9. The van der Waals surface area contributed by atoms with Gasteiger partial charge in [0, 0.05) is 16.5 Å². The van der Waals surface area contributed by atoms with Crippen molar-refractivity contribution in [1.29, 1.82) is 0 Å². The zero-order valence-corrected chi connectivity index (χ0v) is 12.3. The lowest BCUT2D eigenvalue weighted by Crippen LogP contribution is -2.02. The van der Waals surface area contributed by atoms with Crippen molar-refractivity contribution in [3.63, 3.8) is 0 Å². The zero-order chi connectivity index (χ0) is 13.8. The second-order valence-corrected chi connectivity index (χ2v) is 5.50. The van der Waals surface area contributed by atoms with Crippen molar-refractivity contribution in [3.05, 3.63) is 68.9 Å². The first-order valence-electron chi connectivity index (χ1n) is 5.79. The Morgan fingerprint density at radius 2 is 1.84 bits per heavy atom. The summed E-state index contributed by atoms with van der Waals surface area (Å²) >= 11 is 9.22. The summed E-state index contributed by atoms with van der Waals surface area (Å²) in [6.07, 6.45) is 0.993. The number of aryl methyl sites for hydroxylation is 1. The van der Waals surface area contributed by atoms with Crippen molar-refractivity contribution in [3.8, 4) is 0 Å². The highest BCUT2D eigenvalue weighted by molar-refractivity contribution is 9.10. The highest BCUT2D eigenvalue weighted by atomic mass is 79.9. The number of carbonyl (C=O) groups excluding carboxylic acids is 1. The summed E-state index contributed by atoms with van der Waals surface area (Å²) in [6, 6.07) is 11.6. The van der Waals surface area contributed by atoms with E-state index < -0.39 is 5.82 Å². The first kappa shape index (κ1) is 14.2. The maximum absolute atomic E-state index is 12.9. The third kappa shape index (κ3) is 3.88. The number of hydrogen-bond acceptors (Lipinski definition) is 1. The molecule has 1 nitrogen and oxygen atoms in total. The summed E-state index contributed by atoms with van der Waals surface area (Å²) in [6.45, 7) is 0. The zero-order valence-electron chi connectivity index (χ0n) is 10.00. The number of Topliss-reactive ketones (excluding diaryl/α,β-unsaturated/α-hetero) is 1. The van der Waals surface area contributed by atoms with Crippen LogP contribution >= 0.6 is 27.5 Å². The van der Waals surface area contributed by atoms with Gasteiger partial charge in [0.1, 0.15) is 5.82 Å². The van der Waals surface area contributed by atoms with Crippen LogP contribution in [-0.2, 0) is 6.42 Å². The van der Waals surface area contributed by atoms with Crippen LogP contribution in [0.2, 0.25) is 5.02 Å². The Morgan fingerprint density at radius 1 is 1.16 bits per heavy atom. The molecule has 0 aliphatic heterocycles. The van der Waals surface area contributed by atoms with Crippen molar-refractivity contribution in [2.45, 2.75) is 12.8 Å². The molecule has 0 bridgehead atoms. The molecule has 2 rings (SSSR count). The summed E-state index contributed by atoms with van der Waals surface area (Å²) in [5.41, 5.74) is 1.45. The lowest BCUT2D eigenvalue weighted by atomic mass is 10.0. The molecule has 2 aromatic carbocycles. The Kier molecular flexibility index (Phi) is 4.72. The molecule has 0 aliphatic carbocycles. The van der Waals surface area contributed by atoms with Crippen molar-refractivity contribution >= 4 is 33.3 Å². The van der Waals surface area contributed by atoms with Crippen molar-refractivity contribution in [2.75, 3.05) is 0 Å². The van der Waals surface area contributed by atoms with Gasteiger partial charge in [0.05, 0.1) is 5.02 Å². The standard InChI is InChI=1S/C15H11BrClFO/c16-11-4-1-10(2-5-11)3-8-15(19)13-7-6-12(18)9-14(13)17/h1-2,4-7,9H,3,8H2. The Labute approximate surface area is 124 Å². The van der Waals surface area contributed by atoms with Gasteiger partial charge in [-0.1, -0.05) is 39.7 Å². The van der Waals surface area contributed by atoms with Crippen LogP contribution in [0.1, 0.15) is 22.3 Å². The van der Waals surface area contributed by atoms with E-state index in [-0.39, 0.29) is 10.8 Å². The largest absolute Gasteiger partial charge is 0.294 e. The molecule has 0 aliphatic rings. The topological polar surface area (TPSA) is 17.1 Å². The van der Waals surface area contributed by atoms with Gasteiger partial charge in [0.2, 0.25) is 0 Å². The molecular formula is C15H11BrClFO. The molecule has 0 amide bonds. The summed E-state index contributed by atoms with van der Waals surface area (Å²) in [5, 5.41) is 0.167. The fourth-order valence-corrected chi connectivity index (χ4v) is 2.30. The summed E-state index contributed by atoms with van der Waals surface area (Å²) in [7, 11) is 0. The first-order chi connectivity index (χ1) is 9.06. The number of rotatable bonds is 4. The second-order valence-electron chi connectivity index (χ2n) is 4.17. The van der Waals surface area contributed by atoms with Gasteiger partial charge < -0.3 is 0 Å². The minimum absolute atomic E-state index is 0.0760. The molecule has 0 radical (unpaired) electrons. The minimum Gasteiger partial charge on any atom is -0.294 e. The third-order valence-electron chi connectivity index (χ3n) is 2.79. The van der Waals surface area contributed by atoms with Gasteiger partial charge in [-0.2, -0.15) is 0 Å². The monoisotopic (exact) mass is 340 g/mol. The molecule has 2 aromatic rings. The van der Waals surface area contributed by atoms with Crippen LogP contribution in [0.5, 0.6) is 0 Å². The highest BCUT2D eigenvalue weighted by Gasteiger charge is 2.11. The quantitative estimate of drug-likeness (QED) is 0.711. The van der Waals surface area contributed by atoms with Crippen LogP contribution in [0, 0.1) is 5.82 Å². The molecule has 4 heteroatoms. The van der Waals surface area contributed by atoms with E-state index in [4.69, 9.17) is 11.6 Å². The molecule has 0 unspecified atom stereocenters. The third-order valence-corrected chi connectivity index (χ3v) is 3.63. The van der Waals surface area contributed by atoms with E-state index in [0.717, 1.165) is 16.1 Å². The fraction of sp³-hybridized carbons (Fsp3) is 0.133. The second kappa shape index (κ2) is 6.31. The van der Waals surface area contributed by atoms with Gasteiger partial charge >= 0.3 is 0 Å². The summed E-state index contributed by atoms with van der Waals surface area (Å²) in [5.74, 6) is -0.512. The molecule has 98 valence electrons. The normalized spacial score (nSPS) is 10.5. The van der Waals surface area contributed by atoms with Crippen molar-refractivity contribution in [2.24, 2.45) is 0 Å². The summed E-state index contributed by atoms with van der Waals surface area (Å²) < 4.78 is 13.9. The predicted octanol–water partition coefficient (Wildman–Crippen LogP) is 5.06. The SMILES string of the molecule is O=C(CCc1ccc(Br)cc1)c1ccc(F)cc1Cl. The Morgan fingerprint density at radius 3 is 2.47 bits per heavy atom. The Balaban J connectivity index is 2.03. The molecule has 0 aromatic heterocycles. The number of ketones is 1. The van der Waals surface area contributed by atoms with E-state index in [1.54, 1.807) is 0 Å². The molecule has 0 spiro atoms. The smallest absolute Gasteiger partial charge is 0.164 e. The molecular weight excluding hydrogens is 331 g/mol. The van der Waals surface area contributed by atoms with E-state index in [1.165, 1.54) is 12.1 Å². The van der Waals surface area contributed by atoms with Gasteiger partial charge in [0.15, 0.2) is 5.78 Å². The predicted molar refractivity (Wildman–Crippen MR) is 78.2 cm³/mol. The van der Waals surface area contributed by atoms with Gasteiger partial charge in [-0.15, -0.1) is 0 Å². The van der Waals surface area contributed by atoms with Gasteiger partial charge in [-0.25, -0.2) is 4.39 Å². The molecule has 0 N–H and O–H groups in total. The van der Waals surface area contributed by atoms with Gasteiger partial charge in [-0.3, -0.25) is 4.79 Å². The number of carbonyl (C=O) groups is 1. The van der Waals surface area contributed by atoms with Gasteiger partial charge in [0.25, 0.3) is 0 Å². The van der Waals surface area contributed by atoms with Crippen LogP contribution in [0.25, 0.3) is 0 Å². The molecule has 0 fully saturated rings. The molecule has 0 atom stereocenters. The van der Waals surface area contributed by atoms with Crippen molar-refractivity contribution < 1.29 is 9.18 Å². The van der Waals surface area contributed by atoms with E-state index >= 15 is 0 Å². The van der Waals surface area contributed by atoms with E-state index in [1.807, 2.05) is 24.3 Å². The number of hydrogen-bond donors (Lipinski definition) is 0. The van der Waals surface area contributed by atoms with Crippen molar-refractivity contribution in [1.82, 2.24) is 0 Å². The average molecular weight is 342 g/mol. The van der Waals surface area contributed by atoms with E-state index in [2.05, 4.69) is 15.9 Å². The minimum atomic E-state index is -0.436. The molecule has 19 heavy (non-hydrogen) atoms. The Hall–Kier alpha value is -1.19. The van der Waals surface area contributed by atoms with Crippen LogP contribution in [0.3, 0.4) is 0 Å².